The van der Waals surface area contributed by atoms with Crippen molar-refractivity contribution < 1.29 is 0 Å². The second kappa shape index (κ2) is 7.70. The first kappa shape index (κ1) is 14.5. The van der Waals surface area contributed by atoms with Crippen LogP contribution in [0.15, 0.2) is 18.2 Å². The molecule has 0 fully saturated rings. The molecule has 1 rings (SSSR count). The van der Waals surface area contributed by atoms with Gasteiger partial charge in [-0.05, 0) is 44.1 Å². The van der Waals surface area contributed by atoms with Crippen LogP contribution in [0.3, 0.4) is 0 Å². The highest BCUT2D eigenvalue weighted by Gasteiger charge is 2.07. The van der Waals surface area contributed by atoms with Crippen molar-refractivity contribution in [2.24, 2.45) is 0 Å². The third-order valence-corrected chi connectivity index (χ3v) is 3.17. The van der Waals surface area contributed by atoms with Crippen LogP contribution < -0.4 is 5.32 Å². The number of hydrogen-bond donors (Lipinski definition) is 1. The Morgan fingerprint density at radius 1 is 1.29 bits per heavy atom. The van der Waals surface area contributed by atoms with E-state index in [0.29, 0.717) is 0 Å². The summed E-state index contributed by atoms with van der Waals surface area (Å²) in [7, 11) is 1.99. The van der Waals surface area contributed by atoms with E-state index in [2.05, 4.69) is 36.2 Å². The molecule has 0 aromatic heterocycles. The van der Waals surface area contributed by atoms with E-state index in [0.717, 1.165) is 31.2 Å². The summed E-state index contributed by atoms with van der Waals surface area (Å²) >= 11 is 6.27. The fourth-order valence-electron chi connectivity index (χ4n) is 1.88. The van der Waals surface area contributed by atoms with E-state index in [1.54, 1.807) is 0 Å². The molecule has 17 heavy (non-hydrogen) atoms. The fourth-order valence-corrected chi connectivity index (χ4v) is 2.17. The highest BCUT2D eigenvalue weighted by molar-refractivity contribution is 6.31. The molecule has 0 bridgehead atoms. The zero-order chi connectivity index (χ0) is 12.7. The van der Waals surface area contributed by atoms with E-state index in [-0.39, 0.29) is 0 Å². The summed E-state index contributed by atoms with van der Waals surface area (Å²) in [5, 5.41) is 4.08. The molecule has 0 aliphatic heterocycles. The van der Waals surface area contributed by atoms with E-state index < -0.39 is 0 Å². The highest BCUT2D eigenvalue weighted by Crippen LogP contribution is 2.19. The van der Waals surface area contributed by atoms with Gasteiger partial charge in [-0.25, -0.2) is 0 Å². The van der Waals surface area contributed by atoms with Gasteiger partial charge >= 0.3 is 0 Å². The summed E-state index contributed by atoms with van der Waals surface area (Å²) in [5.74, 6) is 0. The SMILES string of the molecule is CCCN(CCNC)Cc1ccc(C)cc1Cl. The Morgan fingerprint density at radius 2 is 2.06 bits per heavy atom. The van der Waals surface area contributed by atoms with Gasteiger partial charge in [0.2, 0.25) is 0 Å². The van der Waals surface area contributed by atoms with Crippen LogP contribution in [0.4, 0.5) is 0 Å². The number of benzene rings is 1. The first-order chi connectivity index (χ1) is 8.17. The van der Waals surface area contributed by atoms with Crippen molar-refractivity contribution in [3.8, 4) is 0 Å². The monoisotopic (exact) mass is 254 g/mol. The molecule has 0 heterocycles. The van der Waals surface area contributed by atoms with Gasteiger partial charge in [0.25, 0.3) is 0 Å². The summed E-state index contributed by atoms with van der Waals surface area (Å²) in [4.78, 5) is 2.44. The lowest BCUT2D eigenvalue weighted by atomic mass is 10.1. The van der Waals surface area contributed by atoms with Crippen molar-refractivity contribution in [2.75, 3.05) is 26.7 Å². The van der Waals surface area contributed by atoms with Gasteiger partial charge in [0.15, 0.2) is 0 Å². The van der Waals surface area contributed by atoms with Crippen molar-refractivity contribution >= 4 is 11.6 Å². The van der Waals surface area contributed by atoms with E-state index in [1.807, 2.05) is 13.1 Å². The average Bonchev–Trinajstić information content (AvgIpc) is 2.29. The molecule has 96 valence electrons. The molecule has 0 saturated heterocycles. The number of likely N-dealkylation sites (N-methyl/N-ethyl adjacent to an activating group) is 1. The third kappa shape index (κ3) is 5.07. The molecule has 0 aliphatic carbocycles. The summed E-state index contributed by atoms with van der Waals surface area (Å²) in [6.07, 6.45) is 1.17. The second-order valence-electron chi connectivity index (χ2n) is 4.47. The molecule has 3 heteroatoms. The van der Waals surface area contributed by atoms with Gasteiger partial charge in [-0.2, -0.15) is 0 Å². The summed E-state index contributed by atoms with van der Waals surface area (Å²) in [6.45, 7) is 8.42. The molecular weight excluding hydrogens is 232 g/mol. The number of hydrogen-bond acceptors (Lipinski definition) is 2. The molecule has 0 aliphatic rings. The van der Waals surface area contributed by atoms with Crippen molar-refractivity contribution in [3.63, 3.8) is 0 Å². The lowest BCUT2D eigenvalue weighted by molar-refractivity contribution is 0.268. The van der Waals surface area contributed by atoms with Crippen LogP contribution in [0.25, 0.3) is 0 Å². The second-order valence-corrected chi connectivity index (χ2v) is 4.88. The minimum atomic E-state index is 0.885. The predicted octanol–water partition coefficient (Wildman–Crippen LogP) is 3.08. The van der Waals surface area contributed by atoms with Crippen LogP contribution in [-0.2, 0) is 6.54 Å². The first-order valence-electron chi connectivity index (χ1n) is 6.29. The van der Waals surface area contributed by atoms with Crippen molar-refractivity contribution in [3.05, 3.63) is 34.3 Å². The van der Waals surface area contributed by atoms with Gasteiger partial charge < -0.3 is 5.32 Å². The maximum atomic E-state index is 6.27. The topological polar surface area (TPSA) is 15.3 Å². The molecule has 0 amide bonds. The smallest absolute Gasteiger partial charge is 0.0453 e. The van der Waals surface area contributed by atoms with Crippen LogP contribution in [-0.4, -0.2) is 31.6 Å². The van der Waals surface area contributed by atoms with Gasteiger partial charge in [0, 0.05) is 24.7 Å². The van der Waals surface area contributed by atoms with Crippen molar-refractivity contribution in [1.29, 1.82) is 0 Å². The predicted molar refractivity (Wildman–Crippen MR) is 75.7 cm³/mol. The van der Waals surface area contributed by atoms with Crippen molar-refractivity contribution in [2.45, 2.75) is 26.8 Å². The van der Waals surface area contributed by atoms with Crippen molar-refractivity contribution in [1.82, 2.24) is 10.2 Å². The molecule has 0 atom stereocenters. The quantitative estimate of drug-likeness (QED) is 0.805. The molecule has 1 N–H and O–H groups in total. The third-order valence-electron chi connectivity index (χ3n) is 2.82. The Bertz CT molecular complexity index is 339. The molecule has 0 unspecified atom stereocenters. The van der Waals surface area contributed by atoms with E-state index >= 15 is 0 Å². The number of rotatable bonds is 7. The van der Waals surface area contributed by atoms with E-state index in [9.17, 15) is 0 Å². The number of nitrogens with zero attached hydrogens (tertiary/aromatic N) is 1. The van der Waals surface area contributed by atoms with Gasteiger partial charge in [0.05, 0.1) is 0 Å². The normalized spacial score (nSPS) is 11.1. The molecule has 0 spiro atoms. The van der Waals surface area contributed by atoms with Gasteiger partial charge in [-0.1, -0.05) is 30.7 Å². The number of aryl methyl sites for hydroxylation is 1. The van der Waals surface area contributed by atoms with Crippen LogP contribution in [0, 0.1) is 6.92 Å². The Hall–Kier alpha value is -0.570. The van der Waals surface area contributed by atoms with E-state index in [1.165, 1.54) is 17.5 Å². The van der Waals surface area contributed by atoms with Crippen LogP contribution in [0.1, 0.15) is 24.5 Å². The minimum Gasteiger partial charge on any atom is -0.318 e. The average molecular weight is 255 g/mol. The molecule has 0 radical (unpaired) electrons. The highest BCUT2D eigenvalue weighted by atomic mass is 35.5. The van der Waals surface area contributed by atoms with E-state index in [4.69, 9.17) is 11.6 Å². The maximum absolute atomic E-state index is 6.27. The molecule has 1 aromatic rings. The van der Waals surface area contributed by atoms with Gasteiger partial charge in [-0.3, -0.25) is 4.90 Å². The van der Waals surface area contributed by atoms with Gasteiger partial charge in [0.1, 0.15) is 0 Å². The summed E-state index contributed by atoms with van der Waals surface area (Å²) in [6, 6.07) is 6.31. The fraction of sp³-hybridized carbons (Fsp3) is 0.571. The molecule has 2 nitrogen and oxygen atoms in total. The van der Waals surface area contributed by atoms with Gasteiger partial charge in [-0.15, -0.1) is 0 Å². The molecular formula is C14H23ClN2. The Kier molecular flexibility index (Phi) is 6.56. The zero-order valence-corrected chi connectivity index (χ0v) is 11.8. The number of nitrogens with one attached hydrogen (secondary N) is 1. The Labute approximate surface area is 110 Å². The Balaban J connectivity index is 2.64. The molecule has 1 aromatic carbocycles. The van der Waals surface area contributed by atoms with Crippen LogP contribution >= 0.6 is 11.6 Å². The Morgan fingerprint density at radius 3 is 2.65 bits per heavy atom. The standard InChI is InChI=1S/C14H23ClN2/c1-4-8-17(9-7-16-3)11-13-6-5-12(2)10-14(13)15/h5-6,10,16H,4,7-9,11H2,1-3H3. The number of halogens is 1. The largest absolute Gasteiger partial charge is 0.318 e. The zero-order valence-electron chi connectivity index (χ0n) is 11.1. The van der Waals surface area contributed by atoms with Crippen LogP contribution in [0.2, 0.25) is 5.02 Å². The maximum Gasteiger partial charge on any atom is 0.0453 e. The first-order valence-corrected chi connectivity index (χ1v) is 6.67. The van der Waals surface area contributed by atoms with Crippen LogP contribution in [0.5, 0.6) is 0 Å². The summed E-state index contributed by atoms with van der Waals surface area (Å²) < 4.78 is 0. The minimum absolute atomic E-state index is 0.885. The molecule has 0 saturated carbocycles. The lowest BCUT2D eigenvalue weighted by Crippen LogP contribution is -2.31. The summed E-state index contributed by atoms with van der Waals surface area (Å²) in [5.41, 5.74) is 2.44. The lowest BCUT2D eigenvalue weighted by Gasteiger charge is -2.22.